The Bertz CT molecular complexity index is 1160. The molecule has 33 heavy (non-hydrogen) atoms. The highest BCUT2D eigenvalue weighted by molar-refractivity contribution is 6.31. The van der Waals surface area contributed by atoms with Gasteiger partial charge in [-0.1, -0.05) is 48.0 Å². The molecule has 0 unspecified atom stereocenters. The number of carbonyl (C=O) groups is 4. The summed E-state index contributed by atoms with van der Waals surface area (Å²) in [5, 5.41) is 3.20. The van der Waals surface area contributed by atoms with Crippen LogP contribution in [0, 0.1) is 11.8 Å². The predicted molar refractivity (Wildman–Crippen MR) is 119 cm³/mol. The minimum atomic E-state index is -1.53. The molecule has 3 heterocycles. The fourth-order valence-electron chi connectivity index (χ4n) is 5.68. The van der Waals surface area contributed by atoms with Crippen molar-refractivity contribution in [1.29, 1.82) is 0 Å². The molecule has 170 valence electrons. The van der Waals surface area contributed by atoms with E-state index in [0.717, 1.165) is 10.5 Å². The summed E-state index contributed by atoms with van der Waals surface area (Å²) < 4.78 is 4.91. The zero-order chi connectivity index (χ0) is 23.3. The summed E-state index contributed by atoms with van der Waals surface area (Å²) in [6, 6.07) is 15.3. The molecular formula is C24H22ClN3O5. The van der Waals surface area contributed by atoms with E-state index in [2.05, 4.69) is 5.32 Å². The van der Waals surface area contributed by atoms with Crippen LogP contribution in [0.5, 0.6) is 0 Å². The zero-order valence-electron chi connectivity index (χ0n) is 17.9. The first kappa shape index (κ1) is 21.6. The van der Waals surface area contributed by atoms with Crippen LogP contribution in [0.1, 0.15) is 18.0 Å². The van der Waals surface area contributed by atoms with E-state index >= 15 is 0 Å². The highest BCUT2D eigenvalue weighted by Gasteiger charge is 2.73. The maximum absolute atomic E-state index is 13.9. The van der Waals surface area contributed by atoms with Crippen molar-refractivity contribution in [2.75, 3.05) is 25.1 Å². The van der Waals surface area contributed by atoms with Gasteiger partial charge in [0.1, 0.15) is 5.54 Å². The van der Waals surface area contributed by atoms with Gasteiger partial charge in [-0.05, 0) is 23.8 Å². The number of imide groups is 1. The van der Waals surface area contributed by atoms with Gasteiger partial charge >= 0.3 is 5.97 Å². The van der Waals surface area contributed by atoms with Crippen molar-refractivity contribution in [3.8, 4) is 0 Å². The SMILES string of the molecule is COC(=O)C[C@]12C(=O)NCCN1[C@H](c1ccccc1)[C@@H]1C(=O)N(c3cccc(Cl)c3)C(=O)[C@@H]12. The Morgan fingerprint density at radius 2 is 1.88 bits per heavy atom. The second kappa shape index (κ2) is 7.97. The average molecular weight is 468 g/mol. The molecular weight excluding hydrogens is 446 g/mol. The van der Waals surface area contributed by atoms with Crippen LogP contribution in [0.3, 0.4) is 0 Å². The number of ether oxygens (including phenoxy) is 1. The van der Waals surface area contributed by atoms with Gasteiger partial charge in [-0.25, -0.2) is 4.90 Å². The smallest absolute Gasteiger partial charge is 0.307 e. The van der Waals surface area contributed by atoms with Gasteiger partial charge in [0, 0.05) is 24.2 Å². The molecule has 3 fully saturated rings. The molecule has 2 aromatic rings. The number of carbonyl (C=O) groups excluding carboxylic acids is 4. The normalized spacial score (nSPS) is 29.0. The average Bonchev–Trinajstić information content (AvgIpc) is 3.25. The van der Waals surface area contributed by atoms with E-state index in [4.69, 9.17) is 16.3 Å². The number of benzene rings is 2. The van der Waals surface area contributed by atoms with Crippen LogP contribution < -0.4 is 10.2 Å². The number of anilines is 1. The predicted octanol–water partition coefficient (Wildman–Crippen LogP) is 1.93. The van der Waals surface area contributed by atoms with Crippen LogP contribution in [-0.2, 0) is 23.9 Å². The molecule has 9 heteroatoms. The summed E-state index contributed by atoms with van der Waals surface area (Å²) >= 11 is 6.13. The second-order valence-electron chi connectivity index (χ2n) is 8.48. The molecule has 3 amide bonds. The number of fused-ring (bicyclic) bond motifs is 3. The van der Waals surface area contributed by atoms with Crippen molar-refractivity contribution in [2.45, 2.75) is 18.0 Å². The lowest BCUT2D eigenvalue weighted by atomic mass is 9.76. The number of hydrogen-bond acceptors (Lipinski definition) is 6. The molecule has 0 aromatic heterocycles. The van der Waals surface area contributed by atoms with Crippen molar-refractivity contribution >= 4 is 41.0 Å². The van der Waals surface area contributed by atoms with Crippen LogP contribution in [0.4, 0.5) is 5.69 Å². The number of halogens is 1. The highest BCUT2D eigenvalue weighted by Crippen LogP contribution is 2.57. The minimum Gasteiger partial charge on any atom is -0.469 e. The monoisotopic (exact) mass is 467 g/mol. The van der Waals surface area contributed by atoms with Crippen molar-refractivity contribution in [3.05, 3.63) is 65.2 Å². The van der Waals surface area contributed by atoms with Crippen molar-refractivity contribution in [1.82, 2.24) is 10.2 Å². The molecule has 0 saturated carbocycles. The van der Waals surface area contributed by atoms with E-state index < -0.39 is 47.1 Å². The van der Waals surface area contributed by atoms with Gasteiger partial charge in [0.2, 0.25) is 17.7 Å². The molecule has 3 saturated heterocycles. The van der Waals surface area contributed by atoms with E-state index in [9.17, 15) is 19.2 Å². The van der Waals surface area contributed by atoms with Crippen LogP contribution >= 0.6 is 11.6 Å². The summed E-state index contributed by atoms with van der Waals surface area (Å²) in [6.45, 7) is 0.748. The molecule has 0 radical (unpaired) electrons. The van der Waals surface area contributed by atoms with Gasteiger partial charge in [0.05, 0.1) is 31.1 Å². The fourth-order valence-corrected chi connectivity index (χ4v) is 5.86. The fraction of sp³-hybridized carbons (Fsp3) is 0.333. The van der Waals surface area contributed by atoms with Gasteiger partial charge in [-0.2, -0.15) is 0 Å². The summed E-state index contributed by atoms with van der Waals surface area (Å²) in [4.78, 5) is 56.6. The largest absolute Gasteiger partial charge is 0.469 e. The Balaban J connectivity index is 1.71. The topological polar surface area (TPSA) is 96.0 Å². The van der Waals surface area contributed by atoms with Crippen LogP contribution in [0.15, 0.2) is 54.6 Å². The molecule has 0 aliphatic carbocycles. The van der Waals surface area contributed by atoms with Crippen molar-refractivity contribution < 1.29 is 23.9 Å². The van der Waals surface area contributed by atoms with Gasteiger partial charge in [-0.3, -0.25) is 24.1 Å². The number of amides is 3. The van der Waals surface area contributed by atoms with Crippen molar-refractivity contribution in [2.24, 2.45) is 11.8 Å². The summed E-state index contributed by atoms with van der Waals surface area (Å²) in [5.41, 5.74) is -0.380. The zero-order valence-corrected chi connectivity index (χ0v) is 18.6. The summed E-state index contributed by atoms with van der Waals surface area (Å²) in [6.07, 6.45) is -0.331. The second-order valence-corrected chi connectivity index (χ2v) is 8.91. The van der Waals surface area contributed by atoms with E-state index in [1.165, 1.54) is 7.11 Å². The van der Waals surface area contributed by atoms with E-state index in [1.54, 1.807) is 24.3 Å². The lowest BCUT2D eigenvalue weighted by molar-refractivity contribution is -0.154. The molecule has 8 nitrogen and oxygen atoms in total. The van der Waals surface area contributed by atoms with Gasteiger partial charge in [0.15, 0.2) is 0 Å². The number of nitrogens with zero attached hydrogens (tertiary/aromatic N) is 2. The number of rotatable bonds is 4. The lowest BCUT2D eigenvalue weighted by Crippen LogP contribution is -2.67. The van der Waals surface area contributed by atoms with E-state index in [0.29, 0.717) is 23.8 Å². The number of esters is 1. The van der Waals surface area contributed by atoms with Gasteiger partial charge < -0.3 is 10.1 Å². The molecule has 0 bridgehead atoms. The Morgan fingerprint density at radius 1 is 1.12 bits per heavy atom. The minimum absolute atomic E-state index is 0.331. The Kier molecular flexibility index (Phi) is 5.22. The molecule has 3 aliphatic rings. The highest BCUT2D eigenvalue weighted by atomic mass is 35.5. The maximum Gasteiger partial charge on any atom is 0.307 e. The number of methoxy groups -OCH3 is 1. The number of nitrogens with one attached hydrogen (secondary N) is 1. The third kappa shape index (κ3) is 3.08. The first-order chi connectivity index (χ1) is 15.9. The Labute approximate surface area is 195 Å². The first-order valence-corrected chi connectivity index (χ1v) is 11.1. The van der Waals surface area contributed by atoms with Gasteiger partial charge in [0.25, 0.3) is 0 Å². The molecule has 1 N–H and O–H groups in total. The molecule has 3 aliphatic heterocycles. The molecule has 4 atom stereocenters. The summed E-state index contributed by atoms with van der Waals surface area (Å²) in [5.74, 6) is -3.88. The molecule has 0 spiro atoms. The Morgan fingerprint density at radius 3 is 2.58 bits per heavy atom. The van der Waals surface area contributed by atoms with E-state index in [-0.39, 0.29) is 6.42 Å². The molecule has 2 aromatic carbocycles. The van der Waals surface area contributed by atoms with Crippen LogP contribution in [0.25, 0.3) is 0 Å². The van der Waals surface area contributed by atoms with Gasteiger partial charge in [-0.15, -0.1) is 0 Å². The Hall–Kier alpha value is -3.23. The third-order valence-corrected chi connectivity index (χ3v) is 7.17. The molecule has 5 rings (SSSR count). The standard InChI is InChI=1S/C24H22ClN3O5/c1-33-17(29)13-24-19-18(21(30)28(22(19)31)16-9-5-8-15(25)12-16)20(14-6-3-2-4-7-14)27(24)11-10-26-23(24)32/h2-9,12,18-20H,10-11,13H2,1H3,(H,26,32)/t18-,19-,20-,24+/m1/s1. The number of piperazine rings is 1. The first-order valence-electron chi connectivity index (χ1n) is 10.7. The van der Waals surface area contributed by atoms with Crippen LogP contribution in [-0.4, -0.2) is 54.3 Å². The van der Waals surface area contributed by atoms with E-state index in [1.807, 2.05) is 35.2 Å². The van der Waals surface area contributed by atoms with Crippen LogP contribution in [0.2, 0.25) is 5.02 Å². The summed E-state index contributed by atoms with van der Waals surface area (Å²) in [7, 11) is 1.24. The maximum atomic E-state index is 13.9. The number of hydrogen-bond donors (Lipinski definition) is 1. The third-order valence-electron chi connectivity index (χ3n) is 6.93. The lowest BCUT2D eigenvalue weighted by Gasteiger charge is -2.45. The quantitative estimate of drug-likeness (QED) is 0.545. The van der Waals surface area contributed by atoms with Crippen molar-refractivity contribution in [3.63, 3.8) is 0 Å².